The van der Waals surface area contributed by atoms with Gasteiger partial charge in [-0.05, 0) is 66.7 Å². The molecule has 1 fully saturated rings. The van der Waals surface area contributed by atoms with Crippen LogP contribution in [0.25, 0.3) is 0 Å². The van der Waals surface area contributed by atoms with Crippen LogP contribution in [0.1, 0.15) is 82.3 Å². The molecular formula is C22H33F. The standard InChI is InChI=1S/C22H33F/c1-2-3-4-17-5-7-18(8-6-17)9-10-19-11-12-21-16-22(23)14-13-20(21)15-19/h13-14,16-19H,2-12,15H2,1H3. The molecule has 128 valence electrons. The van der Waals surface area contributed by atoms with Crippen LogP contribution in [-0.2, 0) is 12.8 Å². The molecule has 0 radical (unpaired) electrons. The number of aryl methyl sites for hydroxylation is 1. The predicted molar refractivity (Wildman–Crippen MR) is 96.1 cm³/mol. The van der Waals surface area contributed by atoms with Gasteiger partial charge in [0.2, 0.25) is 0 Å². The van der Waals surface area contributed by atoms with Gasteiger partial charge in [-0.25, -0.2) is 4.39 Å². The number of hydrogen-bond acceptors (Lipinski definition) is 0. The molecule has 1 unspecified atom stereocenters. The van der Waals surface area contributed by atoms with E-state index in [1.807, 2.05) is 6.07 Å². The van der Waals surface area contributed by atoms with Gasteiger partial charge in [0.05, 0.1) is 0 Å². The molecule has 0 bridgehead atoms. The molecule has 0 aromatic heterocycles. The third kappa shape index (κ3) is 4.81. The van der Waals surface area contributed by atoms with Gasteiger partial charge in [0, 0.05) is 0 Å². The van der Waals surface area contributed by atoms with Crippen molar-refractivity contribution in [2.75, 3.05) is 0 Å². The van der Waals surface area contributed by atoms with E-state index in [1.54, 1.807) is 12.1 Å². The molecule has 2 aliphatic carbocycles. The second-order valence-electron chi connectivity index (χ2n) is 8.13. The van der Waals surface area contributed by atoms with Crippen molar-refractivity contribution < 1.29 is 4.39 Å². The highest BCUT2D eigenvalue weighted by atomic mass is 19.1. The maximum absolute atomic E-state index is 13.3. The second-order valence-corrected chi connectivity index (χ2v) is 8.13. The Morgan fingerprint density at radius 3 is 2.30 bits per heavy atom. The lowest BCUT2D eigenvalue weighted by molar-refractivity contribution is 0.234. The molecule has 0 aliphatic heterocycles. The van der Waals surface area contributed by atoms with Crippen LogP contribution in [0.4, 0.5) is 4.39 Å². The predicted octanol–water partition coefficient (Wildman–Crippen LogP) is 6.71. The zero-order chi connectivity index (χ0) is 16.1. The fourth-order valence-corrected chi connectivity index (χ4v) is 4.82. The van der Waals surface area contributed by atoms with Crippen molar-refractivity contribution in [1.29, 1.82) is 0 Å². The summed E-state index contributed by atoms with van der Waals surface area (Å²) in [7, 11) is 0. The van der Waals surface area contributed by atoms with Crippen molar-refractivity contribution >= 4 is 0 Å². The van der Waals surface area contributed by atoms with Crippen molar-refractivity contribution in [2.24, 2.45) is 17.8 Å². The van der Waals surface area contributed by atoms with E-state index in [0.717, 1.165) is 24.2 Å². The molecule has 0 saturated heterocycles. The summed E-state index contributed by atoms with van der Waals surface area (Å²) in [5.41, 5.74) is 2.67. The Hall–Kier alpha value is -0.850. The SMILES string of the molecule is CCCCC1CCC(CCC2CCc3cc(F)ccc3C2)CC1. The fraction of sp³-hybridized carbons (Fsp3) is 0.727. The van der Waals surface area contributed by atoms with Crippen LogP contribution in [0.2, 0.25) is 0 Å². The summed E-state index contributed by atoms with van der Waals surface area (Å²) in [5, 5.41) is 0. The molecule has 1 aromatic carbocycles. The highest BCUT2D eigenvalue weighted by Crippen LogP contribution is 2.36. The first-order valence-electron chi connectivity index (χ1n) is 10.0. The minimum Gasteiger partial charge on any atom is -0.207 e. The first-order chi connectivity index (χ1) is 11.2. The second kappa shape index (κ2) is 8.31. The van der Waals surface area contributed by atoms with Gasteiger partial charge in [0.15, 0.2) is 0 Å². The summed E-state index contributed by atoms with van der Waals surface area (Å²) in [5.74, 6) is 2.79. The van der Waals surface area contributed by atoms with Crippen LogP contribution in [0.3, 0.4) is 0 Å². The molecule has 0 heterocycles. The minimum atomic E-state index is -0.0676. The molecule has 0 spiro atoms. The van der Waals surface area contributed by atoms with Crippen LogP contribution in [0.15, 0.2) is 18.2 Å². The Kier molecular flexibility index (Phi) is 6.14. The molecule has 1 heteroatoms. The van der Waals surface area contributed by atoms with Crippen molar-refractivity contribution in [1.82, 2.24) is 0 Å². The average Bonchev–Trinajstić information content (AvgIpc) is 2.59. The third-order valence-corrected chi connectivity index (χ3v) is 6.41. The van der Waals surface area contributed by atoms with Gasteiger partial charge < -0.3 is 0 Å². The van der Waals surface area contributed by atoms with E-state index in [4.69, 9.17) is 0 Å². The Morgan fingerprint density at radius 2 is 1.57 bits per heavy atom. The lowest BCUT2D eigenvalue weighted by Crippen LogP contribution is -2.18. The number of unbranched alkanes of at least 4 members (excludes halogenated alkanes) is 1. The van der Waals surface area contributed by atoms with E-state index < -0.39 is 0 Å². The molecule has 23 heavy (non-hydrogen) atoms. The maximum atomic E-state index is 13.3. The molecule has 0 N–H and O–H groups in total. The largest absolute Gasteiger partial charge is 0.207 e. The lowest BCUT2D eigenvalue weighted by Gasteiger charge is -2.30. The van der Waals surface area contributed by atoms with Crippen LogP contribution < -0.4 is 0 Å². The summed E-state index contributed by atoms with van der Waals surface area (Å²) in [4.78, 5) is 0. The van der Waals surface area contributed by atoms with Gasteiger partial charge in [0.1, 0.15) is 5.82 Å². The summed E-state index contributed by atoms with van der Waals surface area (Å²) in [6, 6.07) is 5.41. The highest BCUT2D eigenvalue weighted by Gasteiger charge is 2.23. The Labute approximate surface area is 141 Å². The molecular weight excluding hydrogens is 283 g/mol. The number of fused-ring (bicyclic) bond motifs is 1. The zero-order valence-electron chi connectivity index (χ0n) is 14.8. The van der Waals surface area contributed by atoms with E-state index in [0.29, 0.717) is 0 Å². The smallest absolute Gasteiger partial charge is 0.123 e. The van der Waals surface area contributed by atoms with Gasteiger partial charge in [0.25, 0.3) is 0 Å². The molecule has 0 nitrogen and oxygen atoms in total. The maximum Gasteiger partial charge on any atom is 0.123 e. The molecule has 1 aromatic rings. The van der Waals surface area contributed by atoms with E-state index in [2.05, 4.69) is 6.92 Å². The number of hydrogen-bond donors (Lipinski definition) is 0. The van der Waals surface area contributed by atoms with E-state index in [1.165, 1.54) is 81.8 Å². The summed E-state index contributed by atoms with van der Waals surface area (Å²) >= 11 is 0. The first-order valence-corrected chi connectivity index (χ1v) is 10.0. The quantitative estimate of drug-likeness (QED) is 0.547. The van der Waals surface area contributed by atoms with E-state index in [9.17, 15) is 4.39 Å². The third-order valence-electron chi connectivity index (χ3n) is 6.41. The molecule has 1 atom stereocenters. The number of halogens is 1. The monoisotopic (exact) mass is 316 g/mol. The zero-order valence-corrected chi connectivity index (χ0v) is 14.8. The Bertz CT molecular complexity index is 485. The van der Waals surface area contributed by atoms with Crippen LogP contribution in [0.5, 0.6) is 0 Å². The van der Waals surface area contributed by atoms with Gasteiger partial charge in [-0.15, -0.1) is 0 Å². The van der Waals surface area contributed by atoms with Gasteiger partial charge in [-0.2, -0.15) is 0 Å². The summed E-state index contributed by atoms with van der Waals surface area (Å²) in [6.45, 7) is 2.31. The molecule has 3 rings (SSSR count). The Morgan fingerprint density at radius 1 is 0.870 bits per heavy atom. The average molecular weight is 317 g/mol. The van der Waals surface area contributed by atoms with Crippen LogP contribution in [0, 0.1) is 23.6 Å². The summed E-state index contributed by atoms with van der Waals surface area (Å²) < 4.78 is 13.3. The highest BCUT2D eigenvalue weighted by molar-refractivity contribution is 5.30. The molecule has 0 amide bonds. The van der Waals surface area contributed by atoms with Crippen molar-refractivity contribution in [3.63, 3.8) is 0 Å². The van der Waals surface area contributed by atoms with Crippen LogP contribution >= 0.6 is 0 Å². The number of benzene rings is 1. The fourth-order valence-electron chi connectivity index (χ4n) is 4.82. The normalized spacial score (nSPS) is 27.7. The van der Waals surface area contributed by atoms with Gasteiger partial charge in [-0.3, -0.25) is 0 Å². The Balaban J connectivity index is 1.39. The molecule has 2 aliphatic rings. The summed E-state index contributed by atoms with van der Waals surface area (Å²) in [6.07, 6.45) is 16.5. The van der Waals surface area contributed by atoms with E-state index in [-0.39, 0.29) is 5.82 Å². The van der Waals surface area contributed by atoms with Gasteiger partial charge in [-0.1, -0.05) is 64.4 Å². The van der Waals surface area contributed by atoms with Gasteiger partial charge >= 0.3 is 0 Å². The van der Waals surface area contributed by atoms with E-state index >= 15 is 0 Å². The minimum absolute atomic E-state index is 0.0676. The lowest BCUT2D eigenvalue weighted by atomic mass is 9.75. The van der Waals surface area contributed by atoms with Crippen molar-refractivity contribution in [3.8, 4) is 0 Å². The first kappa shape index (κ1) is 17.0. The topological polar surface area (TPSA) is 0 Å². The number of rotatable bonds is 6. The molecule has 1 saturated carbocycles. The van der Waals surface area contributed by atoms with Crippen LogP contribution in [-0.4, -0.2) is 0 Å². The van der Waals surface area contributed by atoms with Crippen molar-refractivity contribution in [2.45, 2.75) is 84.0 Å². The van der Waals surface area contributed by atoms with Crippen molar-refractivity contribution in [3.05, 3.63) is 35.1 Å².